The zero-order valence-corrected chi connectivity index (χ0v) is 11.7. The Morgan fingerprint density at radius 1 is 1.39 bits per heavy atom. The summed E-state index contributed by atoms with van der Waals surface area (Å²) in [5, 5.41) is 0. The standard InChI is InChI=1S/C15H25NO2/c1-3-4-5-6-11-16-12-7-9-13(15(17)18-2)14(16)10-8-12/h9,12,14H,3-8,10-11H2,1-2H3/t12-,14-/m1/s1. The Morgan fingerprint density at radius 2 is 2.22 bits per heavy atom. The van der Waals surface area contributed by atoms with Gasteiger partial charge in [-0.2, -0.15) is 0 Å². The van der Waals surface area contributed by atoms with Crippen LogP contribution in [-0.2, 0) is 9.53 Å². The van der Waals surface area contributed by atoms with E-state index in [0.29, 0.717) is 12.1 Å². The molecule has 18 heavy (non-hydrogen) atoms. The fraction of sp³-hybridized carbons (Fsp3) is 0.800. The second-order valence-corrected chi connectivity index (χ2v) is 5.43. The van der Waals surface area contributed by atoms with Crippen LogP contribution in [-0.4, -0.2) is 36.6 Å². The SMILES string of the molecule is CCCCCCN1[C@@H]2CC=C(C(=O)OC)[C@H]1CC2. The molecule has 0 radical (unpaired) electrons. The van der Waals surface area contributed by atoms with E-state index in [1.165, 1.54) is 39.2 Å². The van der Waals surface area contributed by atoms with Gasteiger partial charge in [0.05, 0.1) is 12.7 Å². The summed E-state index contributed by atoms with van der Waals surface area (Å²) < 4.78 is 4.90. The summed E-state index contributed by atoms with van der Waals surface area (Å²) in [6.07, 6.45) is 10.7. The van der Waals surface area contributed by atoms with Gasteiger partial charge in [0.1, 0.15) is 0 Å². The minimum atomic E-state index is -0.126. The van der Waals surface area contributed by atoms with Crippen LogP contribution in [0.2, 0.25) is 0 Å². The summed E-state index contributed by atoms with van der Waals surface area (Å²) in [5.41, 5.74) is 0.904. The highest BCUT2D eigenvalue weighted by molar-refractivity contribution is 5.90. The molecule has 3 nitrogen and oxygen atoms in total. The molecule has 2 bridgehead atoms. The van der Waals surface area contributed by atoms with Crippen LogP contribution in [0.4, 0.5) is 0 Å². The van der Waals surface area contributed by atoms with Gasteiger partial charge in [-0.1, -0.05) is 32.3 Å². The van der Waals surface area contributed by atoms with Gasteiger partial charge in [0.25, 0.3) is 0 Å². The zero-order valence-electron chi connectivity index (χ0n) is 11.7. The zero-order chi connectivity index (χ0) is 13.0. The van der Waals surface area contributed by atoms with Gasteiger partial charge in [-0.3, -0.25) is 4.90 Å². The topological polar surface area (TPSA) is 29.5 Å². The van der Waals surface area contributed by atoms with Crippen molar-refractivity contribution in [3.05, 3.63) is 11.6 Å². The number of methoxy groups -OCH3 is 1. The fourth-order valence-corrected chi connectivity index (χ4v) is 3.32. The number of nitrogens with zero attached hydrogens (tertiary/aromatic N) is 1. The molecule has 102 valence electrons. The number of ether oxygens (including phenoxy) is 1. The Kier molecular flexibility index (Phi) is 4.81. The second kappa shape index (κ2) is 6.37. The molecule has 0 aromatic heterocycles. The summed E-state index contributed by atoms with van der Waals surface area (Å²) >= 11 is 0. The van der Waals surface area contributed by atoms with Gasteiger partial charge in [-0.25, -0.2) is 4.79 Å². The third-order valence-electron chi connectivity index (χ3n) is 4.30. The van der Waals surface area contributed by atoms with E-state index >= 15 is 0 Å². The number of fused-ring (bicyclic) bond motifs is 2. The van der Waals surface area contributed by atoms with Gasteiger partial charge in [0.15, 0.2) is 0 Å². The van der Waals surface area contributed by atoms with Gasteiger partial charge in [0, 0.05) is 12.1 Å². The Balaban J connectivity index is 1.92. The van der Waals surface area contributed by atoms with Crippen molar-refractivity contribution in [3.63, 3.8) is 0 Å². The lowest BCUT2D eigenvalue weighted by Crippen LogP contribution is -2.42. The van der Waals surface area contributed by atoms with Crippen molar-refractivity contribution in [2.45, 2.75) is 64.0 Å². The molecule has 0 unspecified atom stereocenters. The van der Waals surface area contributed by atoms with Crippen LogP contribution in [0.3, 0.4) is 0 Å². The third kappa shape index (κ3) is 2.77. The lowest BCUT2D eigenvalue weighted by molar-refractivity contribution is -0.137. The largest absolute Gasteiger partial charge is 0.466 e. The monoisotopic (exact) mass is 251 g/mol. The Hall–Kier alpha value is -0.830. The van der Waals surface area contributed by atoms with Crippen molar-refractivity contribution >= 4 is 5.97 Å². The molecule has 0 amide bonds. The highest BCUT2D eigenvalue weighted by Gasteiger charge is 2.40. The summed E-state index contributed by atoms with van der Waals surface area (Å²) in [6.45, 7) is 3.38. The summed E-state index contributed by atoms with van der Waals surface area (Å²) in [6, 6.07) is 1.00. The lowest BCUT2D eigenvalue weighted by atomic mass is 10.0. The number of rotatable bonds is 6. The van der Waals surface area contributed by atoms with E-state index in [2.05, 4.69) is 17.9 Å². The maximum Gasteiger partial charge on any atom is 0.335 e. The van der Waals surface area contributed by atoms with Crippen LogP contribution >= 0.6 is 0 Å². The average Bonchev–Trinajstić information content (AvgIpc) is 2.65. The van der Waals surface area contributed by atoms with Gasteiger partial charge in [-0.05, 0) is 32.2 Å². The number of unbranched alkanes of at least 4 members (excludes halogenated alkanes) is 3. The summed E-state index contributed by atoms with van der Waals surface area (Å²) in [5.74, 6) is -0.126. The van der Waals surface area contributed by atoms with Crippen LogP contribution in [0.1, 0.15) is 51.9 Å². The van der Waals surface area contributed by atoms with E-state index in [1.54, 1.807) is 0 Å². The molecule has 0 aromatic rings. The molecule has 0 N–H and O–H groups in total. The van der Waals surface area contributed by atoms with Gasteiger partial charge >= 0.3 is 5.97 Å². The minimum Gasteiger partial charge on any atom is -0.466 e. The molecule has 2 heterocycles. The third-order valence-corrected chi connectivity index (χ3v) is 4.30. The second-order valence-electron chi connectivity index (χ2n) is 5.43. The fourth-order valence-electron chi connectivity index (χ4n) is 3.32. The van der Waals surface area contributed by atoms with Crippen molar-refractivity contribution in [2.75, 3.05) is 13.7 Å². The van der Waals surface area contributed by atoms with Crippen molar-refractivity contribution in [1.29, 1.82) is 0 Å². The van der Waals surface area contributed by atoms with E-state index in [1.807, 2.05) is 0 Å². The average molecular weight is 251 g/mol. The Labute approximate surface area is 110 Å². The minimum absolute atomic E-state index is 0.126. The molecule has 3 heteroatoms. The molecule has 2 aliphatic rings. The van der Waals surface area contributed by atoms with Crippen molar-refractivity contribution in [2.24, 2.45) is 0 Å². The summed E-state index contributed by atoms with van der Waals surface area (Å²) in [4.78, 5) is 14.3. The first-order valence-electron chi connectivity index (χ1n) is 7.32. The first-order chi connectivity index (χ1) is 8.77. The number of carbonyl (C=O) groups excluding carboxylic acids is 1. The molecule has 0 saturated carbocycles. The molecular weight excluding hydrogens is 226 g/mol. The van der Waals surface area contributed by atoms with E-state index in [9.17, 15) is 4.79 Å². The van der Waals surface area contributed by atoms with Crippen LogP contribution in [0.5, 0.6) is 0 Å². The number of hydrogen-bond donors (Lipinski definition) is 0. The maximum atomic E-state index is 11.8. The van der Waals surface area contributed by atoms with E-state index < -0.39 is 0 Å². The van der Waals surface area contributed by atoms with Gasteiger partial charge < -0.3 is 4.74 Å². The van der Waals surface area contributed by atoms with Crippen LogP contribution in [0, 0.1) is 0 Å². The Morgan fingerprint density at radius 3 is 2.94 bits per heavy atom. The van der Waals surface area contributed by atoms with Gasteiger partial charge in [-0.15, -0.1) is 0 Å². The van der Waals surface area contributed by atoms with E-state index in [4.69, 9.17) is 4.74 Å². The van der Waals surface area contributed by atoms with Crippen LogP contribution in [0.15, 0.2) is 11.6 Å². The normalized spacial score (nSPS) is 27.1. The molecule has 1 fully saturated rings. The highest BCUT2D eigenvalue weighted by Crippen LogP contribution is 2.36. The molecule has 0 aromatic carbocycles. The lowest BCUT2D eigenvalue weighted by Gasteiger charge is -2.34. The molecule has 2 rings (SSSR count). The highest BCUT2D eigenvalue weighted by atomic mass is 16.5. The van der Waals surface area contributed by atoms with Crippen molar-refractivity contribution in [1.82, 2.24) is 4.90 Å². The predicted molar refractivity (Wildman–Crippen MR) is 72.4 cm³/mol. The van der Waals surface area contributed by atoms with Crippen LogP contribution in [0.25, 0.3) is 0 Å². The molecule has 0 aliphatic carbocycles. The number of esters is 1. The predicted octanol–water partition coefficient (Wildman–Crippen LogP) is 2.90. The molecule has 1 saturated heterocycles. The first-order valence-corrected chi connectivity index (χ1v) is 7.32. The van der Waals surface area contributed by atoms with Crippen molar-refractivity contribution in [3.8, 4) is 0 Å². The van der Waals surface area contributed by atoms with Crippen molar-refractivity contribution < 1.29 is 9.53 Å². The maximum absolute atomic E-state index is 11.8. The summed E-state index contributed by atoms with van der Waals surface area (Å²) in [7, 11) is 1.48. The van der Waals surface area contributed by atoms with Crippen LogP contribution < -0.4 is 0 Å². The number of hydrogen-bond acceptors (Lipinski definition) is 3. The first kappa shape index (κ1) is 13.6. The van der Waals surface area contributed by atoms with Gasteiger partial charge in [0.2, 0.25) is 0 Å². The van der Waals surface area contributed by atoms with E-state index in [-0.39, 0.29) is 5.97 Å². The molecule has 0 spiro atoms. The molecule has 2 aliphatic heterocycles. The van der Waals surface area contributed by atoms with E-state index in [0.717, 1.165) is 25.0 Å². The Bertz CT molecular complexity index is 324. The molecule has 2 atom stereocenters. The smallest absolute Gasteiger partial charge is 0.335 e. The quantitative estimate of drug-likeness (QED) is 0.537. The molecular formula is C15H25NO2. The number of carbonyl (C=O) groups is 1.